The van der Waals surface area contributed by atoms with E-state index in [-0.39, 0.29) is 5.82 Å². The fraction of sp³-hybridized carbons (Fsp3) is 0.400. The Morgan fingerprint density at radius 1 is 1.42 bits per heavy atom. The van der Waals surface area contributed by atoms with Crippen LogP contribution in [0.4, 0.5) is 4.39 Å². The van der Waals surface area contributed by atoms with Crippen LogP contribution in [-0.2, 0) is 13.0 Å². The molecule has 0 atom stereocenters. The number of halogens is 1. The minimum Gasteiger partial charge on any atom is -0.478 e. The first kappa shape index (κ1) is 12.2. The normalized spacial score (nSPS) is 14.1. The molecule has 0 unspecified atom stereocenters. The molecule has 1 aliphatic rings. The van der Waals surface area contributed by atoms with E-state index in [0.717, 1.165) is 36.4 Å². The Balaban J connectivity index is 2.09. The summed E-state index contributed by atoms with van der Waals surface area (Å²) >= 11 is 0. The highest BCUT2D eigenvalue weighted by molar-refractivity contribution is 5.66. The number of hydrogen-bond acceptors (Lipinski definition) is 2. The average molecular weight is 260 g/mol. The van der Waals surface area contributed by atoms with Gasteiger partial charge in [-0.25, -0.2) is 9.07 Å². The lowest BCUT2D eigenvalue weighted by Gasteiger charge is -2.14. The number of hydrogen-bond donors (Lipinski definition) is 0. The van der Waals surface area contributed by atoms with E-state index in [1.54, 1.807) is 6.07 Å². The van der Waals surface area contributed by atoms with E-state index >= 15 is 0 Å². The van der Waals surface area contributed by atoms with Crippen molar-refractivity contribution in [3.63, 3.8) is 0 Å². The molecule has 2 heterocycles. The molecule has 0 amide bonds. The minimum absolute atomic E-state index is 0.210. The topological polar surface area (TPSA) is 27.1 Å². The lowest BCUT2D eigenvalue weighted by molar-refractivity contribution is 0.229. The van der Waals surface area contributed by atoms with Gasteiger partial charge in [-0.05, 0) is 31.0 Å². The summed E-state index contributed by atoms with van der Waals surface area (Å²) in [5.74, 6) is 0.568. The molecule has 0 N–H and O–H groups in total. The molecule has 3 nitrogen and oxygen atoms in total. The third-order valence-corrected chi connectivity index (χ3v) is 3.58. The summed E-state index contributed by atoms with van der Waals surface area (Å²) in [5.41, 5.74) is 3.17. The molecule has 2 aromatic rings. The summed E-state index contributed by atoms with van der Waals surface area (Å²) < 4.78 is 21.6. The van der Waals surface area contributed by atoms with Gasteiger partial charge in [0.2, 0.25) is 5.88 Å². The molecule has 3 rings (SSSR count). The largest absolute Gasteiger partial charge is 0.478 e. The zero-order chi connectivity index (χ0) is 13.4. The first-order valence-corrected chi connectivity index (χ1v) is 6.69. The smallest absolute Gasteiger partial charge is 0.215 e. The second kappa shape index (κ2) is 4.68. The molecule has 1 aromatic heterocycles. The molecule has 1 aliphatic heterocycles. The summed E-state index contributed by atoms with van der Waals surface area (Å²) in [4.78, 5) is 0. The zero-order valence-electron chi connectivity index (χ0n) is 11.2. The van der Waals surface area contributed by atoms with Crippen LogP contribution < -0.4 is 4.74 Å². The molecule has 4 heteroatoms. The van der Waals surface area contributed by atoms with Crippen LogP contribution in [0.5, 0.6) is 5.88 Å². The van der Waals surface area contributed by atoms with Crippen molar-refractivity contribution >= 4 is 0 Å². The van der Waals surface area contributed by atoms with Gasteiger partial charge in [-0.3, -0.25) is 0 Å². The van der Waals surface area contributed by atoms with Gasteiger partial charge in [-0.2, -0.15) is 5.10 Å². The van der Waals surface area contributed by atoms with Crippen molar-refractivity contribution in [3.05, 3.63) is 35.1 Å². The first-order chi connectivity index (χ1) is 9.20. The van der Waals surface area contributed by atoms with Gasteiger partial charge >= 0.3 is 0 Å². The van der Waals surface area contributed by atoms with E-state index < -0.39 is 0 Å². The number of benzene rings is 1. The molecule has 0 spiro atoms. The number of fused-ring (bicyclic) bond motifs is 1. The lowest BCUT2D eigenvalue weighted by atomic mass is 10.0. The number of ether oxygens (including phenoxy) is 1. The van der Waals surface area contributed by atoms with E-state index in [0.29, 0.717) is 17.9 Å². The summed E-state index contributed by atoms with van der Waals surface area (Å²) in [6, 6.07) is 5.36. The molecule has 0 radical (unpaired) electrons. The van der Waals surface area contributed by atoms with Gasteiger partial charge in [-0.15, -0.1) is 0 Å². The summed E-state index contributed by atoms with van der Waals surface area (Å²) in [7, 11) is 0. The number of nitrogens with zero attached hydrogens (tertiary/aromatic N) is 2. The molecule has 0 fully saturated rings. The lowest BCUT2D eigenvalue weighted by Crippen LogP contribution is -2.14. The Morgan fingerprint density at radius 2 is 2.26 bits per heavy atom. The number of aromatic nitrogens is 2. The van der Waals surface area contributed by atoms with E-state index in [1.165, 1.54) is 0 Å². The maximum Gasteiger partial charge on any atom is 0.215 e. The zero-order valence-corrected chi connectivity index (χ0v) is 11.2. The average Bonchev–Trinajstić information content (AvgIpc) is 2.76. The van der Waals surface area contributed by atoms with Crippen LogP contribution in [0.3, 0.4) is 0 Å². The van der Waals surface area contributed by atoms with E-state index in [4.69, 9.17) is 4.74 Å². The van der Waals surface area contributed by atoms with Crippen molar-refractivity contribution in [2.75, 3.05) is 6.61 Å². The molecule has 0 saturated carbocycles. The van der Waals surface area contributed by atoms with Crippen molar-refractivity contribution in [3.8, 4) is 17.1 Å². The highest BCUT2D eigenvalue weighted by Crippen LogP contribution is 2.33. The second-order valence-corrected chi connectivity index (χ2v) is 4.87. The Bertz CT molecular complexity index is 619. The maximum absolute atomic E-state index is 14.2. The standard InChI is InChI=1S/C15H17FN2O/c1-3-11-5-6-12(13(16)9-11)14-10(2)15-18(17-14)7-4-8-19-15/h5-6,9H,3-4,7-8H2,1-2H3. The highest BCUT2D eigenvalue weighted by atomic mass is 19.1. The molecule has 100 valence electrons. The summed E-state index contributed by atoms with van der Waals surface area (Å²) in [5, 5.41) is 4.49. The molecule has 0 bridgehead atoms. The van der Waals surface area contributed by atoms with Gasteiger partial charge in [0.15, 0.2) is 0 Å². The van der Waals surface area contributed by atoms with Crippen LogP contribution in [0.1, 0.15) is 24.5 Å². The van der Waals surface area contributed by atoms with Crippen LogP contribution in [0, 0.1) is 12.7 Å². The predicted octanol–water partition coefficient (Wildman–Crippen LogP) is 3.34. The fourth-order valence-electron chi connectivity index (χ4n) is 2.48. The number of rotatable bonds is 2. The van der Waals surface area contributed by atoms with Gasteiger partial charge in [0, 0.05) is 24.1 Å². The highest BCUT2D eigenvalue weighted by Gasteiger charge is 2.21. The van der Waals surface area contributed by atoms with Crippen LogP contribution >= 0.6 is 0 Å². The maximum atomic E-state index is 14.2. The molecule has 1 aromatic carbocycles. The Hall–Kier alpha value is -1.84. The summed E-state index contributed by atoms with van der Waals surface area (Å²) in [6.45, 7) is 5.50. The van der Waals surface area contributed by atoms with E-state index in [2.05, 4.69) is 5.10 Å². The third kappa shape index (κ3) is 2.01. The fourth-order valence-corrected chi connectivity index (χ4v) is 2.48. The monoisotopic (exact) mass is 260 g/mol. The van der Waals surface area contributed by atoms with Gasteiger partial charge in [0.1, 0.15) is 11.5 Å². The summed E-state index contributed by atoms with van der Waals surface area (Å²) in [6.07, 6.45) is 1.78. The molecule has 0 aliphatic carbocycles. The molecule has 19 heavy (non-hydrogen) atoms. The third-order valence-electron chi connectivity index (χ3n) is 3.58. The Morgan fingerprint density at radius 3 is 2.95 bits per heavy atom. The number of aryl methyl sites for hydroxylation is 2. The van der Waals surface area contributed by atoms with Gasteiger partial charge in [-0.1, -0.05) is 13.0 Å². The molecular weight excluding hydrogens is 243 g/mol. The van der Waals surface area contributed by atoms with Crippen LogP contribution in [0.25, 0.3) is 11.3 Å². The van der Waals surface area contributed by atoms with Gasteiger partial charge < -0.3 is 4.74 Å². The molecular formula is C15H17FN2O. The van der Waals surface area contributed by atoms with Crippen molar-refractivity contribution < 1.29 is 9.13 Å². The second-order valence-electron chi connectivity index (χ2n) is 4.87. The quantitative estimate of drug-likeness (QED) is 0.828. The van der Waals surface area contributed by atoms with Crippen molar-refractivity contribution in [1.29, 1.82) is 0 Å². The minimum atomic E-state index is -0.210. The van der Waals surface area contributed by atoms with E-state index in [1.807, 2.05) is 30.7 Å². The van der Waals surface area contributed by atoms with Gasteiger partial charge in [0.25, 0.3) is 0 Å². The predicted molar refractivity (Wildman–Crippen MR) is 71.8 cm³/mol. The first-order valence-electron chi connectivity index (χ1n) is 6.69. The van der Waals surface area contributed by atoms with Crippen LogP contribution in [0.15, 0.2) is 18.2 Å². The van der Waals surface area contributed by atoms with Gasteiger partial charge in [0.05, 0.1) is 6.61 Å². The molecule has 0 saturated heterocycles. The van der Waals surface area contributed by atoms with Crippen LogP contribution in [-0.4, -0.2) is 16.4 Å². The Labute approximate surface area is 112 Å². The van der Waals surface area contributed by atoms with Crippen molar-refractivity contribution in [2.24, 2.45) is 0 Å². The Kier molecular flexibility index (Phi) is 3.01. The SMILES string of the molecule is CCc1ccc(-c2nn3c(c2C)OCCC3)c(F)c1. The van der Waals surface area contributed by atoms with Crippen molar-refractivity contribution in [2.45, 2.75) is 33.2 Å². The van der Waals surface area contributed by atoms with E-state index in [9.17, 15) is 4.39 Å². The van der Waals surface area contributed by atoms with Crippen molar-refractivity contribution in [1.82, 2.24) is 9.78 Å². The van der Waals surface area contributed by atoms with Crippen LogP contribution in [0.2, 0.25) is 0 Å².